The van der Waals surface area contributed by atoms with Crippen molar-refractivity contribution >= 4 is 27.3 Å². The summed E-state index contributed by atoms with van der Waals surface area (Å²) in [5.41, 5.74) is 0.874. The highest BCUT2D eigenvalue weighted by Gasteiger charge is 2.34. The van der Waals surface area contributed by atoms with Gasteiger partial charge in [-0.05, 0) is 36.2 Å². The lowest BCUT2D eigenvalue weighted by Crippen LogP contribution is -2.43. The number of halogens is 1. The quantitative estimate of drug-likeness (QED) is 0.684. The molecule has 0 unspecified atom stereocenters. The summed E-state index contributed by atoms with van der Waals surface area (Å²) in [6.45, 7) is 0.0932. The smallest absolute Gasteiger partial charge is 0.261 e. The molecule has 1 atom stereocenters. The van der Waals surface area contributed by atoms with Crippen molar-refractivity contribution < 1.29 is 22.7 Å². The predicted molar refractivity (Wildman–Crippen MR) is 108 cm³/mol. The number of amides is 1. The Morgan fingerprint density at radius 2 is 1.82 bits per heavy atom. The van der Waals surface area contributed by atoms with Crippen LogP contribution in [0.4, 0.5) is 0 Å². The van der Waals surface area contributed by atoms with E-state index in [1.54, 1.807) is 35.2 Å². The fourth-order valence-electron chi connectivity index (χ4n) is 3.19. The van der Waals surface area contributed by atoms with Gasteiger partial charge in [0.25, 0.3) is 5.91 Å². The topological polar surface area (TPSA) is 72.9 Å². The highest BCUT2D eigenvalue weighted by molar-refractivity contribution is 7.91. The van der Waals surface area contributed by atoms with Gasteiger partial charge >= 0.3 is 0 Å². The van der Waals surface area contributed by atoms with E-state index in [9.17, 15) is 13.2 Å². The molecule has 1 saturated heterocycles. The van der Waals surface area contributed by atoms with Gasteiger partial charge in [-0.2, -0.15) is 0 Å². The maximum atomic E-state index is 12.9. The number of carbonyl (C=O) groups is 1. The van der Waals surface area contributed by atoms with Crippen LogP contribution in [-0.4, -0.2) is 50.5 Å². The van der Waals surface area contributed by atoms with Crippen molar-refractivity contribution in [1.29, 1.82) is 0 Å². The fourth-order valence-corrected chi connectivity index (χ4v) is 5.05. The van der Waals surface area contributed by atoms with Crippen LogP contribution in [0, 0.1) is 0 Å². The lowest BCUT2D eigenvalue weighted by atomic mass is 10.1. The zero-order valence-corrected chi connectivity index (χ0v) is 17.1. The van der Waals surface area contributed by atoms with Crippen LogP contribution in [0.1, 0.15) is 12.0 Å². The number of hydrogen-bond acceptors (Lipinski definition) is 5. The Morgan fingerprint density at radius 3 is 2.43 bits per heavy atom. The molecular weight excluding hydrogens is 402 g/mol. The van der Waals surface area contributed by atoms with E-state index in [-0.39, 0.29) is 30.1 Å². The Bertz CT molecular complexity index is 930. The Hall–Kier alpha value is -2.25. The van der Waals surface area contributed by atoms with Crippen molar-refractivity contribution in [2.45, 2.75) is 19.0 Å². The van der Waals surface area contributed by atoms with Gasteiger partial charge in [-0.25, -0.2) is 8.42 Å². The number of hydrogen-bond donors (Lipinski definition) is 0. The number of nitrogens with zero attached hydrogens (tertiary/aromatic N) is 1. The Morgan fingerprint density at radius 1 is 1.14 bits per heavy atom. The van der Waals surface area contributed by atoms with Gasteiger partial charge in [-0.15, -0.1) is 0 Å². The van der Waals surface area contributed by atoms with Crippen LogP contribution in [-0.2, 0) is 21.2 Å². The molecule has 0 radical (unpaired) electrons. The highest BCUT2D eigenvalue weighted by Crippen LogP contribution is 2.26. The number of rotatable bonds is 7. The van der Waals surface area contributed by atoms with Gasteiger partial charge in [-0.3, -0.25) is 4.79 Å². The third-order valence-corrected chi connectivity index (χ3v) is 6.66. The summed E-state index contributed by atoms with van der Waals surface area (Å²) in [5, 5.41) is 0.601. The van der Waals surface area contributed by atoms with Crippen molar-refractivity contribution in [2.75, 3.05) is 25.2 Å². The van der Waals surface area contributed by atoms with Gasteiger partial charge in [0.15, 0.2) is 27.9 Å². The first kappa shape index (κ1) is 20.5. The molecule has 0 saturated carbocycles. The molecule has 0 aliphatic carbocycles. The van der Waals surface area contributed by atoms with E-state index in [0.717, 1.165) is 5.56 Å². The van der Waals surface area contributed by atoms with Crippen molar-refractivity contribution in [3.05, 3.63) is 59.1 Å². The minimum atomic E-state index is -3.13. The third-order valence-electron chi connectivity index (χ3n) is 4.66. The van der Waals surface area contributed by atoms with Crippen molar-refractivity contribution in [1.82, 2.24) is 4.90 Å². The van der Waals surface area contributed by atoms with Crippen LogP contribution < -0.4 is 9.47 Å². The minimum Gasteiger partial charge on any atom is -0.493 e. The number of carbonyl (C=O) groups excluding carboxylic acids is 1. The molecule has 1 aliphatic rings. The second-order valence-electron chi connectivity index (χ2n) is 6.64. The highest BCUT2D eigenvalue weighted by atomic mass is 35.5. The first-order chi connectivity index (χ1) is 13.4. The largest absolute Gasteiger partial charge is 0.493 e. The predicted octanol–water partition coefficient (Wildman–Crippen LogP) is 2.94. The maximum Gasteiger partial charge on any atom is 0.261 e. The van der Waals surface area contributed by atoms with Gasteiger partial charge in [0.2, 0.25) is 0 Å². The lowest BCUT2D eigenvalue weighted by molar-refractivity contribution is -0.136. The van der Waals surface area contributed by atoms with Crippen molar-refractivity contribution in [2.24, 2.45) is 0 Å². The van der Waals surface area contributed by atoms with Crippen LogP contribution in [0.2, 0.25) is 5.02 Å². The van der Waals surface area contributed by atoms with Gasteiger partial charge < -0.3 is 14.4 Å². The van der Waals surface area contributed by atoms with E-state index in [2.05, 4.69) is 0 Å². The monoisotopic (exact) mass is 423 g/mol. The van der Waals surface area contributed by atoms with Crippen LogP contribution in [0.5, 0.6) is 11.5 Å². The summed E-state index contributed by atoms with van der Waals surface area (Å²) < 4.78 is 34.7. The minimum absolute atomic E-state index is 0.0268. The molecule has 1 heterocycles. The molecule has 0 spiro atoms. The molecule has 0 bridgehead atoms. The summed E-state index contributed by atoms with van der Waals surface area (Å²) in [6, 6.07) is 13.8. The van der Waals surface area contributed by atoms with Crippen molar-refractivity contribution in [3.63, 3.8) is 0 Å². The van der Waals surface area contributed by atoms with Crippen LogP contribution in [0.15, 0.2) is 48.5 Å². The second-order valence-corrected chi connectivity index (χ2v) is 9.31. The summed E-state index contributed by atoms with van der Waals surface area (Å²) >= 11 is 5.93. The Labute approximate surface area is 169 Å². The molecule has 2 aromatic rings. The molecule has 2 aromatic carbocycles. The molecule has 3 rings (SSSR count). The van der Waals surface area contributed by atoms with Gasteiger partial charge in [0.05, 0.1) is 18.6 Å². The summed E-state index contributed by atoms with van der Waals surface area (Å²) in [5.74, 6) is 0.783. The van der Waals surface area contributed by atoms with Crippen LogP contribution >= 0.6 is 11.6 Å². The van der Waals surface area contributed by atoms with Crippen LogP contribution in [0.3, 0.4) is 0 Å². The second kappa shape index (κ2) is 8.84. The fraction of sp³-hybridized carbons (Fsp3) is 0.350. The number of methoxy groups -OCH3 is 1. The SMILES string of the molecule is COc1ccccc1OCC(=O)N(Cc1ccc(Cl)cc1)[C@@H]1CCS(=O)(=O)C1. The standard InChI is InChI=1S/C20H22ClNO5S/c1-26-18-4-2-3-5-19(18)27-13-20(23)22(17-10-11-28(24,25)14-17)12-15-6-8-16(21)9-7-15/h2-9,17H,10-14H2,1H3/t17-/m1/s1. The zero-order valence-electron chi connectivity index (χ0n) is 15.5. The number of sulfone groups is 1. The Kier molecular flexibility index (Phi) is 6.46. The average molecular weight is 424 g/mol. The molecule has 28 heavy (non-hydrogen) atoms. The van der Waals surface area contributed by atoms with Gasteiger partial charge in [0.1, 0.15) is 0 Å². The molecule has 1 amide bonds. The first-order valence-corrected chi connectivity index (χ1v) is 11.1. The van der Waals surface area contributed by atoms with E-state index in [1.165, 1.54) is 7.11 Å². The third kappa shape index (κ3) is 5.17. The van der Waals surface area contributed by atoms with Crippen LogP contribution in [0.25, 0.3) is 0 Å². The summed E-state index contributed by atoms with van der Waals surface area (Å²) in [7, 11) is -1.60. The first-order valence-electron chi connectivity index (χ1n) is 8.88. The molecule has 0 N–H and O–H groups in total. The van der Waals surface area contributed by atoms with E-state index in [1.807, 2.05) is 18.2 Å². The average Bonchev–Trinajstić information content (AvgIpc) is 3.05. The molecule has 0 aromatic heterocycles. The summed E-state index contributed by atoms with van der Waals surface area (Å²) in [6.07, 6.45) is 0.427. The van der Waals surface area contributed by atoms with Crippen molar-refractivity contribution in [3.8, 4) is 11.5 Å². The normalized spacial score (nSPS) is 17.9. The zero-order chi connectivity index (χ0) is 20.1. The van der Waals surface area contributed by atoms with Gasteiger partial charge in [0, 0.05) is 17.6 Å². The molecule has 1 fully saturated rings. The molecule has 150 valence electrons. The lowest BCUT2D eigenvalue weighted by Gasteiger charge is -2.28. The number of para-hydroxylation sites is 2. The molecule has 6 nitrogen and oxygen atoms in total. The van der Waals surface area contributed by atoms with Gasteiger partial charge in [-0.1, -0.05) is 35.9 Å². The van der Waals surface area contributed by atoms with E-state index in [0.29, 0.717) is 29.5 Å². The van der Waals surface area contributed by atoms with E-state index >= 15 is 0 Å². The molecule has 8 heteroatoms. The van der Waals surface area contributed by atoms with E-state index in [4.69, 9.17) is 21.1 Å². The number of benzene rings is 2. The van der Waals surface area contributed by atoms with E-state index < -0.39 is 9.84 Å². The summed E-state index contributed by atoms with van der Waals surface area (Å²) in [4.78, 5) is 14.5. The number of ether oxygens (including phenoxy) is 2. The Balaban J connectivity index is 1.75. The maximum absolute atomic E-state index is 12.9. The molecular formula is C20H22ClNO5S. The molecule has 1 aliphatic heterocycles.